The van der Waals surface area contributed by atoms with Crippen molar-refractivity contribution in [2.75, 3.05) is 24.7 Å². The second kappa shape index (κ2) is 7.72. The van der Waals surface area contributed by atoms with Gasteiger partial charge in [0.05, 0.1) is 24.9 Å². The maximum atomic E-state index is 12.6. The monoisotopic (exact) mass is 362 g/mol. The zero-order valence-corrected chi connectivity index (χ0v) is 15.3. The Morgan fingerprint density at radius 3 is 2.70 bits per heavy atom. The van der Waals surface area contributed by atoms with Crippen molar-refractivity contribution in [2.24, 2.45) is 7.05 Å². The Labute approximate surface area is 158 Å². The van der Waals surface area contributed by atoms with Gasteiger partial charge in [-0.25, -0.2) is 4.98 Å². The topological polar surface area (TPSA) is 60.2 Å². The third-order valence-electron chi connectivity index (χ3n) is 4.89. The summed E-state index contributed by atoms with van der Waals surface area (Å²) in [7, 11) is 1.77. The number of morpholine rings is 1. The van der Waals surface area contributed by atoms with Crippen LogP contribution in [0.15, 0.2) is 65.7 Å². The molecule has 3 aromatic rings. The van der Waals surface area contributed by atoms with E-state index in [1.807, 2.05) is 30.3 Å². The first kappa shape index (κ1) is 17.4. The van der Waals surface area contributed by atoms with E-state index in [9.17, 15) is 4.79 Å². The largest absolute Gasteiger partial charge is 0.377 e. The van der Waals surface area contributed by atoms with Gasteiger partial charge in [0.15, 0.2) is 0 Å². The van der Waals surface area contributed by atoms with Crippen molar-refractivity contribution in [2.45, 2.75) is 12.5 Å². The number of rotatable bonds is 4. The molecule has 0 unspecified atom stereocenters. The Bertz CT molecular complexity index is 957. The number of ether oxygens (including phenoxy) is 1. The number of hydrogen-bond acceptors (Lipinski definition) is 5. The fourth-order valence-electron chi connectivity index (χ4n) is 3.43. The van der Waals surface area contributed by atoms with E-state index in [-0.39, 0.29) is 11.6 Å². The van der Waals surface area contributed by atoms with Gasteiger partial charge < -0.3 is 9.64 Å². The van der Waals surface area contributed by atoms with Gasteiger partial charge in [-0.15, -0.1) is 0 Å². The second-order valence-electron chi connectivity index (χ2n) is 6.69. The molecule has 0 radical (unpaired) electrons. The molecular weight excluding hydrogens is 340 g/mol. The highest BCUT2D eigenvalue weighted by Gasteiger charge is 2.27. The summed E-state index contributed by atoms with van der Waals surface area (Å²) < 4.78 is 7.34. The molecule has 1 aromatic carbocycles. The summed E-state index contributed by atoms with van der Waals surface area (Å²) in [6.45, 7) is 1.95. The molecule has 1 aliphatic heterocycles. The highest BCUT2D eigenvalue weighted by Crippen LogP contribution is 2.22. The van der Waals surface area contributed by atoms with Gasteiger partial charge in [0, 0.05) is 37.6 Å². The molecule has 6 nitrogen and oxygen atoms in total. The zero-order chi connectivity index (χ0) is 18.6. The van der Waals surface area contributed by atoms with E-state index in [0.29, 0.717) is 31.4 Å². The second-order valence-corrected chi connectivity index (χ2v) is 6.69. The van der Waals surface area contributed by atoms with Gasteiger partial charge in [-0.05, 0) is 24.1 Å². The Balaban J connectivity index is 1.71. The number of nitrogens with zero attached hydrogens (tertiary/aromatic N) is 4. The van der Waals surface area contributed by atoms with Crippen LogP contribution in [0.1, 0.15) is 5.56 Å². The van der Waals surface area contributed by atoms with E-state index in [4.69, 9.17) is 9.72 Å². The van der Waals surface area contributed by atoms with Gasteiger partial charge in [-0.2, -0.15) is 0 Å². The summed E-state index contributed by atoms with van der Waals surface area (Å²) in [6, 6.07) is 15.8. The summed E-state index contributed by atoms with van der Waals surface area (Å²) in [5.74, 6) is 0.679. The van der Waals surface area contributed by atoms with Crippen LogP contribution < -0.4 is 10.5 Å². The molecule has 0 spiro atoms. The van der Waals surface area contributed by atoms with Gasteiger partial charge in [0.1, 0.15) is 0 Å². The van der Waals surface area contributed by atoms with Crippen molar-refractivity contribution >= 4 is 5.95 Å². The molecule has 2 aromatic heterocycles. The Kier molecular flexibility index (Phi) is 4.98. The maximum Gasteiger partial charge on any atom is 0.255 e. The van der Waals surface area contributed by atoms with Crippen LogP contribution >= 0.6 is 0 Å². The van der Waals surface area contributed by atoms with E-state index in [1.54, 1.807) is 30.1 Å². The van der Waals surface area contributed by atoms with Crippen LogP contribution in [0.3, 0.4) is 0 Å². The normalized spacial score (nSPS) is 17.1. The van der Waals surface area contributed by atoms with Crippen LogP contribution in [0.25, 0.3) is 11.3 Å². The number of anilines is 1. The lowest BCUT2D eigenvalue weighted by Crippen LogP contribution is -2.49. The smallest absolute Gasteiger partial charge is 0.255 e. The molecule has 0 bridgehead atoms. The van der Waals surface area contributed by atoms with Crippen LogP contribution in [0.2, 0.25) is 0 Å². The Morgan fingerprint density at radius 1 is 1.15 bits per heavy atom. The molecule has 6 heteroatoms. The fourth-order valence-corrected chi connectivity index (χ4v) is 3.43. The first-order valence-electron chi connectivity index (χ1n) is 9.09. The van der Waals surface area contributed by atoms with Crippen LogP contribution in [0, 0.1) is 0 Å². The summed E-state index contributed by atoms with van der Waals surface area (Å²) >= 11 is 0. The summed E-state index contributed by atoms with van der Waals surface area (Å²) in [5.41, 5.74) is 2.72. The molecule has 4 rings (SSSR count). The first-order valence-corrected chi connectivity index (χ1v) is 9.09. The predicted octanol–water partition coefficient (Wildman–Crippen LogP) is 2.29. The lowest BCUT2D eigenvalue weighted by Gasteiger charge is -2.37. The van der Waals surface area contributed by atoms with Crippen LogP contribution in [0.4, 0.5) is 5.95 Å². The molecule has 0 N–H and O–H groups in total. The number of aromatic nitrogens is 3. The van der Waals surface area contributed by atoms with Gasteiger partial charge in [-0.1, -0.05) is 30.3 Å². The summed E-state index contributed by atoms with van der Waals surface area (Å²) in [6.07, 6.45) is 4.26. The predicted molar refractivity (Wildman–Crippen MR) is 105 cm³/mol. The SMILES string of the molecule is Cn1c(N2CCOC[C@H]2Cc2ccccc2)nc(-c2ccncc2)cc1=O. The average molecular weight is 362 g/mol. The molecule has 1 fully saturated rings. The van der Waals surface area contributed by atoms with E-state index in [2.05, 4.69) is 22.0 Å². The van der Waals surface area contributed by atoms with Crippen molar-refractivity contribution < 1.29 is 4.74 Å². The van der Waals surface area contributed by atoms with Crippen LogP contribution in [0.5, 0.6) is 0 Å². The standard InChI is InChI=1S/C21H22N4O2/c1-24-20(26)14-19(17-7-9-22-10-8-17)23-21(24)25-11-12-27-15-18(25)13-16-5-3-2-4-6-16/h2-10,14,18H,11-13,15H2,1H3/t18-/m1/s1. The van der Waals surface area contributed by atoms with Crippen molar-refractivity contribution in [1.29, 1.82) is 0 Å². The third-order valence-corrected chi connectivity index (χ3v) is 4.89. The third kappa shape index (κ3) is 3.75. The van der Waals surface area contributed by atoms with Crippen LogP contribution in [-0.4, -0.2) is 40.3 Å². The van der Waals surface area contributed by atoms with Gasteiger partial charge in [0.2, 0.25) is 5.95 Å². The highest BCUT2D eigenvalue weighted by molar-refractivity contribution is 5.59. The minimum absolute atomic E-state index is 0.0724. The van der Waals surface area contributed by atoms with Crippen LogP contribution in [-0.2, 0) is 18.2 Å². The van der Waals surface area contributed by atoms with Crippen molar-refractivity contribution in [3.8, 4) is 11.3 Å². The molecule has 0 amide bonds. The minimum Gasteiger partial charge on any atom is -0.377 e. The lowest BCUT2D eigenvalue weighted by molar-refractivity contribution is 0.0928. The first-order chi connectivity index (χ1) is 13.2. The fraction of sp³-hybridized carbons (Fsp3) is 0.286. The lowest BCUT2D eigenvalue weighted by atomic mass is 10.0. The van der Waals surface area contributed by atoms with E-state index in [1.165, 1.54) is 5.56 Å². The summed E-state index contributed by atoms with van der Waals surface area (Å²) in [5, 5.41) is 0. The minimum atomic E-state index is -0.0724. The van der Waals surface area contributed by atoms with E-state index in [0.717, 1.165) is 12.0 Å². The molecule has 3 heterocycles. The molecular formula is C21H22N4O2. The molecule has 0 saturated carbocycles. The van der Waals surface area contributed by atoms with Crippen molar-refractivity contribution in [3.05, 3.63) is 76.8 Å². The number of pyridine rings is 1. The molecule has 27 heavy (non-hydrogen) atoms. The Morgan fingerprint density at radius 2 is 1.93 bits per heavy atom. The maximum absolute atomic E-state index is 12.6. The molecule has 138 valence electrons. The molecule has 0 aliphatic carbocycles. The molecule has 1 aliphatic rings. The quantitative estimate of drug-likeness (QED) is 0.713. The number of hydrogen-bond donors (Lipinski definition) is 0. The zero-order valence-electron chi connectivity index (χ0n) is 15.3. The van der Waals surface area contributed by atoms with E-state index >= 15 is 0 Å². The highest BCUT2D eigenvalue weighted by atomic mass is 16.5. The average Bonchev–Trinajstić information content (AvgIpc) is 2.72. The van der Waals surface area contributed by atoms with Gasteiger partial charge in [0.25, 0.3) is 5.56 Å². The van der Waals surface area contributed by atoms with E-state index < -0.39 is 0 Å². The van der Waals surface area contributed by atoms with Gasteiger partial charge >= 0.3 is 0 Å². The van der Waals surface area contributed by atoms with Gasteiger partial charge in [-0.3, -0.25) is 14.3 Å². The molecule has 1 atom stereocenters. The summed E-state index contributed by atoms with van der Waals surface area (Å²) in [4.78, 5) is 23.7. The molecule has 1 saturated heterocycles. The Hall–Kier alpha value is -2.99. The van der Waals surface area contributed by atoms with Crippen molar-refractivity contribution in [1.82, 2.24) is 14.5 Å². The number of benzene rings is 1. The van der Waals surface area contributed by atoms with Crippen molar-refractivity contribution in [3.63, 3.8) is 0 Å².